The number of fused-ring (bicyclic) bond motifs is 2. The highest BCUT2D eigenvalue weighted by atomic mass is 19.1. The number of anilines is 1. The molecule has 1 amide bonds. The smallest absolute Gasteiger partial charge is 0.261 e. The Hall–Kier alpha value is -4.31. The van der Waals surface area contributed by atoms with Gasteiger partial charge < -0.3 is 24.3 Å². The highest BCUT2D eigenvalue weighted by Crippen LogP contribution is 2.35. The molecule has 1 aliphatic rings. The molecule has 0 radical (unpaired) electrons. The van der Waals surface area contributed by atoms with Crippen molar-refractivity contribution >= 4 is 28.3 Å². The lowest BCUT2D eigenvalue weighted by Gasteiger charge is -2.10. The third kappa shape index (κ3) is 3.95. The van der Waals surface area contributed by atoms with Crippen LogP contribution in [0.2, 0.25) is 0 Å². The number of ether oxygens (including phenoxy) is 2. The third-order valence-corrected chi connectivity index (χ3v) is 5.23. The number of carbonyl (C=O) groups is 1. The molecule has 34 heavy (non-hydrogen) atoms. The number of aliphatic hydroxyl groups excluding tert-OH is 1. The zero-order valence-electron chi connectivity index (χ0n) is 17.8. The van der Waals surface area contributed by atoms with E-state index >= 15 is 0 Å². The molecule has 0 bridgehead atoms. The van der Waals surface area contributed by atoms with E-state index in [1.165, 1.54) is 12.3 Å². The van der Waals surface area contributed by atoms with Gasteiger partial charge in [0, 0.05) is 29.3 Å². The van der Waals surface area contributed by atoms with Crippen molar-refractivity contribution in [3.05, 3.63) is 82.7 Å². The quantitative estimate of drug-likeness (QED) is 0.470. The summed E-state index contributed by atoms with van der Waals surface area (Å²) in [6, 6.07) is 9.25. The monoisotopic (exact) mass is 465 g/mol. The van der Waals surface area contributed by atoms with Gasteiger partial charge in [0.05, 0.1) is 23.7 Å². The number of nitrogens with zero attached hydrogens (tertiary/aromatic N) is 2. The van der Waals surface area contributed by atoms with Crippen LogP contribution in [-0.4, -0.2) is 22.8 Å². The second-order valence-corrected chi connectivity index (χ2v) is 7.46. The van der Waals surface area contributed by atoms with Crippen LogP contribution in [0.1, 0.15) is 21.6 Å². The fourth-order valence-corrected chi connectivity index (χ4v) is 3.51. The molecular formula is C24H17F2N3O5. The maximum absolute atomic E-state index is 14.2. The predicted molar refractivity (Wildman–Crippen MR) is 117 cm³/mol. The minimum atomic E-state index is -0.934. The van der Waals surface area contributed by atoms with Crippen LogP contribution in [0.15, 0.2) is 58.1 Å². The molecule has 0 saturated carbocycles. The van der Waals surface area contributed by atoms with E-state index in [0.29, 0.717) is 45.5 Å². The number of hydrogen-bond acceptors (Lipinski definition) is 7. The molecule has 0 atom stereocenters. The molecule has 5 rings (SSSR count). The van der Waals surface area contributed by atoms with Gasteiger partial charge in [-0.25, -0.2) is 13.8 Å². The van der Waals surface area contributed by atoms with Crippen LogP contribution in [0, 0.1) is 18.6 Å². The second-order valence-electron chi connectivity index (χ2n) is 7.46. The number of benzene rings is 2. The Labute approximate surface area is 191 Å². The molecule has 10 heteroatoms. The molecular weight excluding hydrogens is 448 g/mol. The lowest BCUT2D eigenvalue weighted by atomic mass is 10.1. The standard InChI is InChI=1S/C24H17F2N3O5/c1-12-22-16(13(10-30)9-27-12)8-17(23(31)29-19-4-2-14(25)6-18(19)26)24(34-22)28-15-3-5-20-21(7-15)33-11-32-20/h2-9,30H,10-11H2,1H3,(H,29,31). The van der Waals surface area contributed by atoms with Gasteiger partial charge in [0.1, 0.15) is 17.2 Å². The van der Waals surface area contributed by atoms with Crippen molar-refractivity contribution in [2.24, 2.45) is 4.99 Å². The summed E-state index contributed by atoms with van der Waals surface area (Å²) < 4.78 is 44.1. The first-order valence-corrected chi connectivity index (χ1v) is 10.2. The van der Waals surface area contributed by atoms with Crippen molar-refractivity contribution in [1.29, 1.82) is 0 Å². The minimum Gasteiger partial charge on any atom is -0.454 e. The lowest BCUT2D eigenvalue weighted by molar-refractivity contribution is 0.102. The highest BCUT2D eigenvalue weighted by molar-refractivity contribution is 6.05. The average molecular weight is 465 g/mol. The molecule has 0 aliphatic carbocycles. The lowest BCUT2D eigenvalue weighted by Crippen LogP contribution is -2.22. The largest absolute Gasteiger partial charge is 0.454 e. The fraction of sp³-hybridized carbons (Fsp3) is 0.125. The summed E-state index contributed by atoms with van der Waals surface area (Å²) in [6.45, 7) is 1.46. The number of amides is 1. The van der Waals surface area contributed by atoms with Crippen LogP contribution >= 0.6 is 0 Å². The number of carbonyl (C=O) groups excluding carboxylic acids is 1. The zero-order valence-corrected chi connectivity index (χ0v) is 17.8. The summed E-state index contributed by atoms with van der Waals surface area (Å²) in [5, 5.41) is 12.6. The first-order valence-electron chi connectivity index (χ1n) is 10.2. The number of pyridine rings is 1. The molecule has 8 nitrogen and oxygen atoms in total. The van der Waals surface area contributed by atoms with Crippen molar-refractivity contribution in [1.82, 2.24) is 4.98 Å². The van der Waals surface area contributed by atoms with E-state index < -0.39 is 17.5 Å². The number of aromatic nitrogens is 1. The van der Waals surface area contributed by atoms with E-state index in [2.05, 4.69) is 15.3 Å². The van der Waals surface area contributed by atoms with Gasteiger partial charge in [-0.2, -0.15) is 0 Å². The minimum absolute atomic E-state index is 0.0332. The van der Waals surface area contributed by atoms with Crippen molar-refractivity contribution < 1.29 is 32.6 Å². The number of rotatable bonds is 4. The van der Waals surface area contributed by atoms with Crippen molar-refractivity contribution in [2.45, 2.75) is 13.5 Å². The Morgan fingerprint density at radius 1 is 1.15 bits per heavy atom. The molecule has 0 spiro atoms. The Kier molecular flexibility index (Phi) is 5.42. The van der Waals surface area contributed by atoms with Crippen LogP contribution in [0.3, 0.4) is 0 Å². The van der Waals surface area contributed by atoms with Gasteiger partial charge in [0.25, 0.3) is 5.91 Å². The molecule has 1 aliphatic heterocycles. The number of halogens is 2. The number of hydrogen-bond donors (Lipinski definition) is 2. The summed E-state index contributed by atoms with van der Waals surface area (Å²) in [7, 11) is 0. The van der Waals surface area contributed by atoms with Crippen molar-refractivity contribution in [3.63, 3.8) is 0 Å². The van der Waals surface area contributed by atoms with Gasteiger partial charge in [-0.15, -0.1) is 0 Å². The normalized spacial score (nSPS) is 12.9. The van der Waals surface area contributed by atoms with Gasteiger partial charge in [-0.05, 0) is 37.3 Å². The third-order valence-electron chi connectivity index (χ3n) is 5.23. The predicted octanol–water partition coefficient (Wildman–Crippen LogP) is 4.12. The summed E-state index contributed by atoms with van der Waals surface area (Å²) >= 11 is 0. The first-order chi connectivity index (χ1) is 16.4. The molecule has 172 valence electrons. The SMILES string of the molecule is Cc1ncc(CO)c2cc(C(=O)Nc3ccc(F)cc3F)c(=Nc3ccc4c(c3)OCO4)oc12. The molecule has 2 aromatic carbocycles. The number of aryl methyl sites for hydroxylation is 1. The first kappa shape index (κ1) is 21.5. The summed E-state index contributed by atoms with van der Waals surface area (Å²) in [5.41, 5.74) is 1.37. The number of aliphatic hydroxyl groups is 1. The Morgan fingerprint density at radius 3 is 2.76 bits per heavy atom. The summed E-state index contributed by atoms with van der Waals surface area (Å²) in [4.78, 5) is 21.8. The number of nitrogens with one attached hydrogen (secondary N) is 1. The van der Waals surface area contributed by atoms with E-state index in [1.54, 1.807) is 25.1 Å². The summed E-state index contributed by atoms with van der Waals surface area (Å²) in [5.74, 6) is -1.40. The Morgan fingerprint density at radius 2 is 1.97 bits per heavy atom. The van der Waals surface area contributed by atoms with Crippen LogP contribution < -0.4 is 20.3 Å². The Balaban J connectivity index is 1.68. The van der Waals surface area contributed by atoms with Gasteiger partial charge in [0.15, 0.2) is 17.1 Å². The van der Waals surface area contributed by atoms with Gasteiger partial charge in [-0.3, -0.25) is 9.78 Å². The van der Waals surface area contributed by atoms with E-state index in [9.17, 15) is 18.7 Å². The van der Waals surface area contributed by atoms with Crippen molar-refractivity contribution in [3.8, 4) is 11.5 Å². The maximum Gasteiger partial charge on any atom is 0.261 e. The van der Waals surface area contributed by atoms with E-state index in [1.807, 2.05) is 0 Å². The topological polar surface area (TPSA) is 106 Å². The van der Waals surface area contributed by atoms with Crippen LogP contribution in [0.4, 0.5) is 20.2 Å². The highest BCUT2D eigenvalue weighted by Gasteiger charge is 2.19. The van der Waals surface area contributed by atoms with Gasteiger partial charge in [-0.1, -0.05) is 0 Å². The Bertz CT molecular complexity index is 1520. The van der Waals surface area contributed by atoms with Gasteiger partial charge >= 0.3 is 0 Å². The van der Waals surface area contributed by atoms with Crippen molar-refractivity contribution in [2.75, 3.05) is 12.1 Å². The van der Waals surface area contributed by atoms with Crippen LogP contribution in [0.5, 0.6) is 11.5 Å². The average Bonchev–Trinajstić information content (AvgIpc) is 3.29. The molecule has 0 unspecified atom stereocenters. The van der Waals surface area contributed by atoms with E-state index in [0.717, 1.165) is 12.1 Å². The molecule has 2 aromatic heterocycles. The molecule has 4 aromatic rings. The zero-order chi connectivity index (χ0) is 23.8. The molecule has 0 saturated heterocycles. The van der Waals surface area contributed by atoms with E-state index in [4.69, 9.17) is 13.9 Å². The summed E-state index contributed by atoms with van der Waals surface area (Å²) in [6.07, 6.45) is 1.48. The molecule has 2 N–H and O–H groups in total. The van der Waals surface area contributed by atoms with Gasteiger partial charge in [0.2, 0.25) is 12.3 Å². The van der Waals surface area contributed by atoms with Crippen LogP contribution in [0.25, 0.3) is 11.0 Å². The molecule has 3 heterocycles. The second kappa shape index (κ2) is 8.56. The van der Waals surface area contributed by atoms with E-state index in [-0.39, 0.29) is 30.2 Å². The molecule has 0 fully saturated rings. The fourth-order valence-electron chi connectivity index (χ4n) is 3.51. The maximum atomic E-state index is 14.2. The van der Waals surface area contributed by atoms with Crippen LogP contribution in [-0.2, 0) is 6.61 Å².